The number of hydrogen-bond acceptors (Lipinski definition) is 3. The molecule has 0 amide bonds. The van der Waals surface area contributed by atoms with Crippen molar-refractivity contribution < 1.29 is 0 Å². The molecule has 1 saturated heterocycles. The molecule has 0 spiro atoms. The molecular formula is C11H20N4. The van der Waals surface area contributed by atoms with E-state index in [1.165, 1.54) is 12.1 Å². The topological polar surface area (TPSA) is 33.1 Å². The largest absolute Gasteiger partial charge is 0.353 e. The smallest absolute Gasteiger partial charge is 0.150 e. The third-order valence-corrected chi connectivity index (χ3v) is 2.91. The summed E-state index contributed by atoms with van der Waals surface area (Å²) >= 11 is 0. The first-order valence-corrected chi connectivity index (χ1v) is 5.80. The highest BCUT2D eigenvalue weighted by molar-refractivity contribution is 5.40. The Morgan fingerprint density at radius 2 is 2.13 bits per heavy atom. The summed E-state index contributed by atoms with van der Waals surface area (Å²) in [6.07, 6.45) is 2.30. The van der Waals surface area contributed by atoms with E-state index in [1.807, 2.05) is 11.7 Å². The lowest BCUT2D eigenvalue weighted by molar-refractivity contribution is 0.580. The minimum absolute atomic E-state index is 1.07. The second kappa shape index (κ2) is 4.66. The first-order chi connectivity index (χ1) is 7.31. The third-order valence-electron chi connectivity index (χ3n) is 2.91. The fraction of sp³-hybridized carbons (Fsp3) is 0.727. The molecule has 1 aliphatic heterocycles. The molecule has 1 aromatic rings. The van der Waals surface area contributed by atoms with Gasteiger partial charge in [0.05, 0.1) is 0 Å². The molecule has 1 N–H and O–H groups in total. The Hall–Kier alpha value is -1.03. The summed E-state index contributed by atoms with van der Waals surface area (Å²) in [5, 5.41) is 7.92. The minimum Gasteiger partial charge on any atom is -0.353 e. The Balaban J connectivity index is 2.10. The molecule has 2 heterocycles. The minimum atomic E-state index is 1.07. The van der Waals surface area contributed by atoms with E-state index in [0.29, 0.717) is 0 Å². The lowest BCUT2D eigenvalue weighted by Crippen LogP contribution is -2.43. The highest BCUT2D eigenvalue weighted by Crippen LogP contribution is 2.15. The maximum absolute atomic E-state index is 4.57. The highest BCUT2D eigenvalue weighted by Gasteiger charge is 2.14. The number of nitrogens with zero attached hydrogens (tertiary/aromatic N) is 3. The molecule has 0 aromatic carbocycles. The van der Waals surface area contributed by atoms with E-state index >= 15 is 0 Å². The highest BCUT2D eigenvalue weighted by atomic mass is 15.4. The molecule has 1 aliphatic rings. The van der Waals surface area contributed by atoms with Gasteiger partial charge in [0.1, 0.15) is 0 Å². The number of piperazine rings is 1. The maximum Gasteiger partial charge on any atom is 0.150 e. The molecule has 0 atom stereocenters. The van der Waals surface area contributed by atoms with Crippen LogP contribution in [0.3, 0.4) is 0 Å². The number of rotatable bonds is 3. The van der Waals surface area contributed by atoms with Crippen molar-refractivity contribution in [3.05, 3.63) is 11.8 Å². The van der Waals surface area contributed by atoms with Crippen molar-refractivity contribution in [2.45, 2.75) is 19.8 Å². The predicted molar refractivity (Wildman–Crippen MR) is 62.3 cm³/mol. The average molecular weight is 208 g/mol. The van der Waals surface area contributed by atoms with E-state index in [2.05, 4.69) is 28.3 Å². The molecule has 0 bridgehead atoms. The lowest BCUT2D eigenvalue weighted by atomic mass is 10.2. The van der Waals surface area contributed by atoms with Gasteiger partial charge >= 0.3 is 0 Å². The van der Waals surface area contributed by atoms with E-state index < -0.39 is 0 Å². The van der Waals surface area contributed by atoms with Crippen molar-refractivity contribution >= 4 is 5.82 Å². The molecule has 15 heavy (non-hydrogen) atoms. The Morgan fingerprint density at radius 1 is 1.40 bits per heavy atom. The SMILES string of the molecule is CCCc1cc(N2CCNCC2)nn1C. The van der Waals surface area contributed by atoms with Crippen LogP contribution in [-0.2, 0) is 13.5 Å². The van der Waals surface area contributed by atoms with Gasteiger partial charge in [0, 0.05) is 45.0 Å². The average Bonchev–Trinajstić information content (AvgIpc) is 2.63. The molecule has 4 heteroatoms. The van der Waals surface area contributed by atoms with Crippen molar-refractivity contribution in [2.24, 2.45) is 7.05 Å². The quantitative estimate of drug-likeness (QED) is 0.797. The van der Waals surface area contributed by atoms with Gasteiger partial charge in [-0.25, -0.2) is 0 Å². The molecule has 1 aromatic heterocycles. The van der Waals surface area contributed by atoms with Gasteiger partial charge in [0.2, 0.25) is 0 Å². The van der Waals surface area contributed by atoms with Crippen LogP contribution in [0.1, 0.15) is 19.0 Å². The standard InChI is InChI=1S/C11H20N4/c1-3-4-10-9-11(13-14(10)2)15-7-5-12-6-8-15/h9,12H,3-8H2,1-2H3. The van der Waals surface area contributed by atoms with Crippen LogP contribution >= 0.6 is 0 Å². The number of aromatic nitrogens is 2. The van der Waals surface area contributed by atoms with Crippen LogP contribution in [0.25, 0.3) is 0 Å². The van der Waals surface area contributed by atoms with Crippen LogP contribution in [-0.4, -0.2) is 36.0 Å². The summed E-state index contributed by atoms with van der Waals surface area (Å²) in [6.45, 7) is 6.49. The van der Waals surface area contributed by atoms with Gasteiger partial charge in [0.15, 0.2) is 5.82 Å². The number of nitrogens with one attached hydrogen (secondary N) is 1. The lowest BCUT2D eigenvalue weighted by Gasteiger charge is -2.27. The van der Waals surface area contributed by atoms with Gasteiger partial charge in [-0.05, 0) is 6.42 Å². The first-order valence-electron chi connectivity index (χ1n) is 5.80. The van der Waals surface area contributed by atoms with Crippen LogP contribution in [0.2, 0.25) is 0 Å². The summed E-state index contributed by atoms with van der Waals surface area (Å²) in [5.41, 5.74) is 1.34. The van der Waals surface area contributed by atoms with Crippen molar-refractivity contribution in [1.82, 2.24) is 15.1 Å². The molecule has 84 valence electrons. The van der Waals surface area contributed by atoms with Crippen LogP contribution in [0, 0.1) is 0 Å². The second-order valence-electron chi connectivity index (χ2n) is 4.10. The molecule has 0 saturated carbocycles. The van der Waals surface area contributed by atoms with Gasteiger partial charge in [0.25, 0.3) is 0 Å². The van der Waals surface area contributed by atoms with E-state index in [4.69, 9.17) is 0 Å². The Bertz CT molecular complexity index is 312. The number of hydrogen-bond donors (Lipinski definition) is 1. The molecule has 0 aliphatic carbocycles. The van der Waals surface area contributed by atoms with Gasteiger partial charge in [-0.3, -0.25) is 4.68 Å². The summed E-state index contributed by atoms with van der Waals surface area (Å²) in [5.74, 6) is 1.14. The number of aryl methyl sites for hydroxylation is 2. The van der Waals surface area contributed by atoms with Crippen LogP contribution < -0.4 is 10.2 Å². The summed E-state index contributed by atoms with van der Waals surface area (Å²) in [4.78, 5) is 2.36. The third kappa shape index (κ3) is 2.31. The molecule has 4 nitrogen and oxygen atoms in total. The molecular weight excluding hydrogens is 188 g/mol. The summed E-state index contributed by atoms with van der Waals surface area (Å²) in [7, 11) is 2.04. The molecule has 0 unspecified atom stereocenters. The van der Waals surface area contributed by atoms with Gasteiger partial charge in [-0.2, -0.15) is 5.10 Å². The monoisotopic (exact) mass is 208 g/mol. The Morgan fingerprint density at radius 3 is 2.80 bits per heavy atom. The van der Waals surface area contributed by atoms with E-state index in [1.54, 1.807) is 0 Å². The zero-order valence-corrected chi connectivity index (χ0v) is 9.66. The summed E-state index contributed by atoms with van der Waals surface area (Å²) in [6, 6.07) is 2.23. The maximum atomic E-state index is 4.57. The fourth-order valence-corrected chi connectivity index (χ4v) is 2.03. The van der Waals surface area contributed by atoms with Crippen molar-refractivity contribution in [2.75, 3.05) is 31.1 Å². The van der Waals surface area contributed by atoms with Crippen LogP contribution in [0.5, 0.6) is 0 Å². The fourth-order valence-electron chi connectivity index (χ4n) is 2.03. The van der Waals surface area contributed by atoms with Crippen LogP contribution in [0.15, 0.2) is 6.07 Å². The molecule has 1 fully saturated rings. The van der Waals surface area contributed by atoms with E-state index in [-0.39, 0.29) is 0 Å². The zero-order valence-electron chi connectivity index (χ0n) is 9.66. The first kappa shape index (κ1) is 10.5. The van der Waals surface area contributed by atoms with Gasteiger partial charge in [-0.1, -0.05) is 13.3 Å². The van der Waals surface area contributed by atoms with Crippen LogP contribution in [0.4, 0.5) is 5.82 Å². The van der Waals surface area contributed by atoms with Crippen molar-refractivity contribution in [3.8, 4) is 0 Å². The predicted octanol–water partition coefficient (Wildman–Crippen LogP) is 0.782. The summed E-state index contributed by atoms with van der Waals surface area (Å²) < 4.78 is 2.01. The number of anilines is 1. The van der Waals surface area contributed by atoms with Crippen molar-refractivity contribution in [1.29, 1.82) is 0 Å². The van der Waals surface area contributed by atoms with Gasteiger partial charge < -0.3 is 10.2 Å². The molecule has 2 rings (SSSR count). The van der Waals surface area contributed by atoms with E-state index in [9.17, 15) is 0 Å². The van der Waals surface area contributed by atoms with E-state index in [0.717, 1.165) is 38.4 Å². The Labute approximate surface area is 91.3 Å². The van der Waals surface area contributed by atoms with Gasteiger partial charge in [-0.15, -0.1) is 0 Å². The normalized spacial score (nSPS) is 17.1. The second-order valence-corrected chi connectivity index (χ2v) is 4.10. The van der Waals surface area contributed by atoms with Crippen molar-refractivity contribution in [3.63, 3.8) is 0 Å². The molecule has 0 radical (unpaired) electrons. The zero-order chi connectivity index (χ0) is 10.7. The Kier molecular flexibility index (Phi) is 3.26.